The van der Waals surface area contributed by atoms with Gasteiger partial charge in [-0.2, -0.15) is 0 Å². The van der Waals surface area contributed by atoms with Gasteiger partial charge < -0.3 is 5.73 Å². The van der Waals surface area contributed by atoms with E-state index in [0.717, 1.165) is 12.0 Å². The summed E-state index contributed by atoms with van der Waals surface area (Å²) < 4.78 is 0. The highest BCUT2D eigenvalue weighted by Gasteiger charge is 2.21. The van der Waals surface area contributed by atoms with Crippen LogP contribution in [0.25, 0.3) is 0 Å². The van der Waals surface area contributed by atoms with E-state index < -0.39 is 0 Å². The van der Waals surface area contributed by atoms with E-state index in [1.807, 2.05) is 6.07 Å². The number of hydrogen-bond donors (Lipinski definition) is 3. The van der Waals surface area contributed by atoms with E-state index in [1.165, 1.54) is 0 Å². The van der Waals surface area contributed by atoms with Crippen molar-refractivity contribution in [1.29, 1.82) is 0 Å². The number of halogens is 1. The zero-order valence-electron chi connectivity index (χ0n) is 7.00. The van der Waals surface area contributed by atoms with Gasteiger partial charge in [-0.1, -0.05) is 17.7 Å². The van der Waals surface area contributed by atoms with Crippen molar-refractivity contribution in [2.75, 3.05) is 0 Å². The van der Waals surface area contributed by atoms with Crippen LogP contribution in [0.2, 0.25) is 5.15 Å². The topological polar surface area (TPSA) is 63.0 Å². The molecular formula is C8H11ClN4. The van der Waals surface area contributed by atoms with Gasteiger partial charge >= 0.3 is 0 Å². The van der Waals surface area contributed by atoms with Crippen molar-refractivity contribution in [2.24, 2.45) is 5.73 Å². The molecule has 2 unspecified atom stereocenters. The van der Waals surface area contributed by atoms with E-state index in [2.05, 4.69) is 15.8 Å². The first-order valence-electron chi connectivity index (χ1n) is 4.14. The van der Waals surface area contributed by atoms with Crippen molar-refractivity contribution < 1.29 is 0 Å². The van der Waals surface area contributed by atoms with Gasteiger partial charge in [0.25, 0.3) is 0 Å². The predicted molar refractivity (Wildman–Crippen MR) is 50.9 cm³/mol. The van der Waals surface area contributed by atoms with Crippen molar-refractivity contribution >= 4 is 11.6 Å². The molecule has 1 fully saturated rings. The average molecular weight is 199 g/mol. The molecule has 1 aliphatic rings. The number of nitrogens with one attached hydrogen (secondary N) is 2. The second kappa shape index (κ2) is 3.59. The van der Waals surface area contributed by atoms with Crippen LogP contribution in [0.3, 0.4) is 0 Å². The van der Waals surface area contributed by atoms with Gasteiger partial charge in [-0.3, -0.25) is 0 Å². The molecule has 2 heterocycles. The van der Waals surface area contributed by atoms with Gasteiger partial charge in [0.1, 0.15) is 5.15 Å². The molecule has 0 aliphatic carbocycles. The normalized spacial score (nSPS) is 27.8. The van der Waals surface area contributed by atoms with Crippen LogP contribution < -0.4 is 16.6 Å². The third-order valence-corrected chi connectivity index (χ3v) is 2.31. The molecule has 13 heavy (non-hydrogen) atoms. The smallest absolute Gasteiger partial charge is 0.129 e. The van der Waals surface area contributed by atoms with Crippen molar-refractivity contribution in [3.05, 3.63) is 29.0 Å². The van der Waals surface area contributed by atoms with Crippen LogP contribution in [-0.2, 0) is 0 Å². The summed E-state index contributed by atoms with van der Waals surface area (Å²) in [4.78, 5) is 4.01. The summed E-state index contributed by atoms with van der Waals surface area (Å²) in [6.45, 7) is 0. The lowest BCUT2D eigenvalue weighted by Crippen LogP contribution is -2.36. The zero-order chi connectivity index (χ0) is 9.26. The molecule has 0 aromatic carbocycles. The molecule has 0 spiro atoms. The third-order valence-electron chi connectivity index (χ3n) is 2.09. The quantitative estimate of drug-likeness (QED) is 0.577. The lowest BCUT2D eigenvalue weighted by Gasteiger charge is -2.08. The monoisotopic (exact) mass is 198 g/mol. The number of nitrogens with zero attached hydrogens (tertiary/aromatic N) is 1. The van der Waals surface area contributed by atoms with E-state index in [-0.39, 0.29) is 12.2 Å². The Morgan fingerprint density at radius 1 is 1.46 bits per heavy atom. The average Bonchev–Trinajstić information content (AvgIpc) is 2.53. The van der Waals surface area contributed by atoms with Crippen molar-refractivity contribution in [3.8, 4) is 0 Å². The molecule has 4 nitrogen and oxygen atoms in total. The SMILES string of the molecule is NC1CC(c2ccc(Cl)nc2)NN1. The maximum atomic E-state index is 5.68. The molecular weight excluding hydrogens is 188 g/mol. The van der Waals surface area contributed by atoms with E-state index in [4.69, 9.17) is 17.3 Å². The highest BCUT2D eigenvalue weighted by molar-refractivity contribution is 6.29. The predicted octanol–water partition coefficient (Wildman–Crippen LogP) is 0.559. The number of aromatic nitrogens is 1. The third kappa shape index (κ3) is 1.97. The number of pyridine rings is 1. The molecule has 1 aliphatic heterocycles. The molecule has 1 aromatic rings. The van der Waals surface area contributed by atoms with Crippen LogP contribution in [0.5, 0.6) is 0 Å². The van der Waals surface area contributed by atoms with Crippen molar-refractivity contribution in [2.45, 2.75) is 18.6 Å². The van der Waals surface area contributed by atoms with Gasteiger partial charge in [0.15, 0.2) is 0 Å². The second-order valence-corrected chi connectivity index (χ2v) is 3.48. The summed E-state index contributed by atoms with van der Waals surface area (Å²) >= 11 is 5.68. The number of rotatable bonds is 1. The summed E-state index contributed by atoms with van der Waals surface area (Å²) in [6.07, 6.45) is 2.64. The molecule has 2 atom stereocenters. The molecule has 0 saturated carbocycles. The Morgan fingerprint density at radius 2 is 2.31 bits per heavy atom. The standard InChI is InChI=1S/C8H11ClN4/c9-7-2-1-5(4-11-7)6-3-8(10)13-12-6/h1-2,4,6,8,12-13H,3,10H2. The molecule has 0 amide bonds. The van der Waals surface area contributed by atoms with Gasteiger partial charge in [-0.05, 0) is 18.1 Å². The van der Waals surface area contributed by atoms with E-state index in [9.17, 15) is 0 Å². The lowest BCUT2D eigenvalue weighted by molar-refractivity contribution is 0.551. The summed E-state index contributed by atoms with van der Waals surface area (Å²) in [5, 5.41) is 0.513. The minimum atomic E-state index is 0.0145. The highest BCUT2D eigenvalue weighted by Crippen LogP contribution is 2.20. The van der Waals surface area contributed by atoms with Crippen LogP contribution in [0.1, 0.15) is 18.0 Å². The van der Waals surface area contributed by atoms with Gasteiger partial charge in [0.05, 0.1) is 12.2 Å². The Balaban J connectivity index is 2.13. The molecule has 0 radical (unpaired) electrons. The highest BCUT2D eigenvalue weighted by atomic mass is 35.5. The fourth-order valence-corrected chi connectivity index (χ4v) is 1.50. The first-order chi connectivity index (χ1) is 6.25. The maximum Gasteiger partial charge on any atom is 0.129 e. The molecule has 0 bridgehead atoms. The molecule has 2 rings (SSSR count). The van der Waals surface area contributed by atoms with E-state index in [1.54, 1.807) is 12.3 Å². The molecule has 1 aromatic heterocycles. The Kier molecular flexibility index (Phi) is 2.46. The summed E-state index contributed by atoms with van der Waals surface area (Å²) in [5.41, 5.74) is 12.8. The molecule has 5 heteroatoms. The Hall–Kier alpha value is -0.680. The summed E-state index contributed by atoms with van der Waals surface area (Å²) in [7, 11) is 0. The largest absolute Gasteiger partial charge is 0.315 e. The van der Waals surface area contributed by atoms with Crippen molar-refractivity contribution in [1.82, 2.24) is 15.8 Å². The minimum Gasteiger partial charge on any atom is -0.315 e. The minimum absolute atomic E-state index is 0.0145. The fraction of sp³-hybridized carbons (Fsp3) is 0.375. The van der Waals surface area contributed by atoms with Gasteiger partial charge in [0, 0.05) is 6.20 Å². The Bertz CT molecular complexity index is 287. The van der Waals surface area contributed by atoms with Gasteiger partial charge in [-0.15, -0.1) is 0 Å². The Labute approximate surface area is 81.5 Å². The Morgan fingerprint density at radius 3 is 2.85 bits per heavy atom. The van der Waals surface area contributed by atoms with Crippen LogP contribution in [0, 0.1) is 0 Å². The second-order valence-electron chi connectivity index (χ2n) is 3.10. The van der Waals surface area contributed by atoms with Crippen LogP contribution >= 0.6 is 11.6 Å². The van der Waals surface area contributed by atoms with E-state index in [0.29, 0.717) is 5.15 Å². The first-order valence-corrected chi connectivity index (χ1v) is 4.51. The molecule has 1 saturated heterocycles. The fourth-order valence-electron chi connectivity index (χ4n) is 1.39. The summed E-state index contributed by atoms with van der Waals surface area (Å²) in [6, 6.07) is 3.97. The van der Waals surface area contributed by atoms with E-state index >= 15 is 0 Å². The number of hydrogen-bond acceptors (Lipinski definition) is 4. The van der Waals surface area contributed by atoms with Crippen molar-refractivity contribution in [3.63, 3.8) is 0 Å². The first kappa shape index (κ1) is 8.90. The summed E-state index contributed by atoms with van der Waals surface area (Å²) in [5.74, 6) is 0. The molecule has 4 N–H and O–H groups in total. The number of hydrazine groups is 1. The number of nitrogens with two attached hydrogens (primary N) is 1. The van der Waals surface area contributed by atoms with Crippen LogP contribution in [-0.4, -0.2) is 11.1 Å². The maximum absolute atomic E-state index is 5.68. The van der Waals surface area contributed by atoms with Crippen LogP contribution in [0.4, 0.5) is 0 Å². The van der Waals surface area contributed by atoms with Gasteiger partial charge in [-0.25, -0.2) is 15.8 Å². The lowest BCUT2D eigenvalue weighted by atomic mass is 10.1. The van der Waals surface area contributed by atoms with Crippen LogP contribution in [0.15, 0.2) is 18.3 Å². The van der Waals surface area contributed by atoms with Gasteiger partial charge in [0.2, 0.25) is 0 Å². The zero-order valence-corrected chi connectivity index (χ0v) is 7.75. The molecule has 70 valence electrons.